The van der Waals surface area contributed by atoms with E-state index in [1.165, 1.54) is 10.6 Å². The van der Waals surface area contributed by atoms with Gasteiger partial charge in [0.2, 0.25) is 0 Å². The number of hydrogen-bond acceptors (Lipinski definition) is 4. The van der Waals surface area contributed by atoms with Crippen LogP contribution in [0.15, 0.2) is 12.1 Å². The van der Waals surface area contributed by atoms with Crippen molar-refractivity contribution < 1.29 is 4.79 Å². The van der Waals surface area contributed by atoms with Gasteiger partial charge in [-0.05, 0) is 18.6 Å². The number of nitrogens with zero attached hydrogens (tertiary/aromatic N) is 5. The molecule has 3 rings (SSSR count). The summed E-state index contributed by atoms with van der Waals surface area (Å²) in [6.07, 6.45) is 1.05. The predicted molar refractivity (Wildman–Crippen MR) is 104 cm³/mol. The summed E-state index contributed by atoms with van der Waals surface area (Å²) in [5.74, 6) is 0. The summed E-state index contributed by atoms with van der Waals surface area (Å²) in [6, 6.07) is 4.17. The van der Waals surface area contributed by atoms with E-state index in [4.69, 9.17) is 0 Å². The molecule has 0 radical (unpaired) electrons. The summed E-state index contributed by atoms with van der Waals surface area (Å²) in [4.78, 5) is 15.7. The van der Waals surface area contributed by atoms with E-state index in [-0.39, 0.29) is 11.4 Å². The maximum atomic E-state index is 11.7. The van der Waals surface area contributed by atoms with Gasteiger partial charge in [0, 0.05) is 51.4 Å². The van der Waals surface area contributed by atoms with Gasteiger partial charge in [0.15, 0.2) is 0 Å². The van der Waals surface area contributed by atoms with Gasteiger partial charge in [0.25, 0.3) is 0 Å². The number of carbonyl (C=O) groups is 1. The van der Waals surface area contributed by atoms with Gasteiger partial charge in [-0.25, -0.2) is 4.79 Å². The van der Waals surface area contributed by atoms with Crippen molar-refractivity contribution in [1.82, 2.24) is 35.1 Å². The molecule has 0 spiro atoms. The van der Waals surface area contributed by atoms with Crippen LogP contribution in [0.2, 0.25) is 0 Å². The summed E-state index contributed by atoms with van der Waals surface area (Å²) < 4.78 is 2.07. The van der Waals surface area contributed by atoms with Crippen LogP contribution in [-0.2, 0) is 31.6 Å². The van der Waals surface area contributed by atoms with Gasteiger partial charge in [0.05, 0.1) is 23.6 Å². The van der Waals surface area contributed by atoms with Crippen molar-refractivity contribution in [3.63, 3.8) is 0 Å². The number of aromatic amines is 1. The fourth-order valence-corrected chi connectivity index (χ4v) is 3.20. The Morgan fingerprint density at radius 2 is 2.07 bits per heavy atom. The molecule has 0 aromatic carbocycles. The molecular weight excluding hydrogens is 342 g/mol. The molecule has 3 heterocycles. The van der Waals surface area contributed by atoms with E-state index in [1.807, 2.05) is 0 Å². The molecule has 0 fully saturated rings. The highest BCUT2D eigenvalue weighted by molar-refractivity contribution is 5.73. The molecule has 2 aromatic heterocycles. The minimum Gasteiger partial charge on any atom is -0.332 e. The van der Waals surface area contributed by atoms with E-state index in [0.717, 1.165) is 49.7 Å². The molecule has 0 saturated heterocycles. The molecule has 0 saturated carbocycles. The first kappa shape index (κ1) is 19.4. The largest absolute Gasteiger partial charge is 0.332 e. The molecule has 0 aliphatic carbocycles. The molecule has 8 nitrogen and oxygen atoms in total. The van der Waals surface area contributed by atoms with Gasteiger partial charge < -0.3 is 10.2 Å². The Balaban J connectivity index is 1.63. The lowest BCUT2D eigenvalue weighted by Gasteiger charge is -2.18. The highest BCUT2D eigenvalue weighted by Gasteiger charge is 2.20. The van der Waals surface area contributed by atoms with Crippen molar-refractivity contribution in [3.05, 3.63) is 34.9 Å². The number of amides is 2. The number of H-pyrrole nitrogens is 1. The van der Waals surface area contributed by atoms with Crippen LogP contribution in [0, 0.1) is 0 Å². The Kier molecular flexibility index (Phi) is 5.55. The van der Waals surface area contributed by atoms with Gasteiger partial charge in [-0.2, -0.15) is 10.2 Å². The average Bonchev–Trinajstić information content (AvgIpc) is 3.15. The van der Waals surface area contributed by atoms with Crippen molar-refractivity contribution in [1.29, 1.82) is 0 Å². The molecule has 148 valence electrons. The van der Waals surface area contributed by atoms with E-state index in [2.05, 4.69) is 63.1 Å². The van der Waals surface area contributed by atoms with Crippen molar-refractivity contribution >= 4 is 6.03 Å². The first-order chi connectivity index (χ1) is 12.7. The molecule has 2 N–H and O–H groups in total. The second-order valence-electron chi connectivity index (χ2n) is 8.50. The van der Waals surface area contributed by atoms with E-state index in [1.54, 1.807) is 14.1 Å². The molecule has 2 aromatic rings. The van der Waals surface area contributed by atoms with Crippen LogP contribution in [0.1, 0.15) is 50.0 Å². The maximum Gasteiger partial charge on any atom is 0.317 e. The first-order valence-corrected chi connectivity index (χ1v) is 9.50. The third-order valence-electron chi connectivity index (χ3n) is 4.76. The van der Waals surface area contributed by atoms with Crippen LogP contribution in [0.3, 0.4) is 0 Å². The first-order valence-electron chi connectivity index (χ1n) is 9.50. The summed E-state index contributed by atoms with van der Waals surface area (Å²) >= 11 is 0. The zero-order valence-electron chi connectivity index (χ0n) is 17.0. The number of hydrogen-bond donors (Lipinski definition) is 2. The highest BCUT2D eigenvalue weighted by Crippen LogP contribution is 2.22. The number of carbonyl (C=O) groups excluding carboxylic acids is 1. The number of fused-ring (bicyclic) bond motifs is 1. The third kappa shape index (κ3) is 4.88. The highest BCUT2D eigenvalue weighted by atomic mass is 16.2. The Morgan fingerprint density at radius 3 is 2.74 bits per heavy atom. The van der Waals surface area contributed by atoms with Gasteiger partial charge >= 0.3 is 6.03 Å². The summed E-state index contributed by atoms with van der Waals surface area (Å²) in [6.45, 7) is 10.6. The van der Waals surface area contributed by atoms with Gasteiger partial charge in [-0.1, -0.05) is 20.8 Å². The van der Waals surface area contributed by atoms with E-state index >= 15 is 0 Å². The van der Waals surface area contributed by atoms with Crippen LogP contribution >= 0.6 is 0 Å². The summed E-state index contributed by atoms with van der Waals surface area (Å²) in [7, 11) is 3.46. The molecule has 27 heavy (non-hydrogen) atoms. The van der Waals surface area contributed by atoms with Gasteiger partial charge in [-0.3, -0.25) is 14.7 Å². The molecule has 0 unspecified atom stereocenters. The minimum absolute atomic E-state index is 0.0536. The molecular formula is C19H31N7O. The molecule has 0 bridgehead atoms. The molecule has 1 aliphatic rings. The van der Waals surface area contributed by atoms with Crippen molar-refractivity contribution in [3.8, 4) is 0 Å². The Labute approximate surface area is 160 Å². The quantitative estimate of drug-likeness (QED) is 0.860. The zero-order chi connectivity index (χ0) is 19.6. The third-order valence-corrected chi connectivity index (χ3v) is 4.76. The van der Waals surface area contributed by atoms with Crippen LogP contribution in [0.25, 0.3) is 0 Å². The molecule has 8 heteroatoms. The van der Waals surface area contributed by atoms with Crippen LogP contribution < -0.4 is 5.32 Å². The second kappa shape index (κ2) is 7.72. The fraction of sp³-hybridized carbons (Fsp3) is 0.632. The second-order valence-corrected chi connectivity index (χ2v) is 8.50. The van der Waals surface area contributed by atoms with Crippen molar-refractivity contribution in [2.75, 3.05) is 20.6 Å². The standard InChI is InChI=1S/C19H31N7O/c1-19(2,3)17-10-15(21-22-17)12-25-7-6-8-26-16(13-25)9-14(23-26)11-20-18(27)24(4)5/h9-10H,6-8,11-13H2,1-5H3,(H,20,27)(H,21,22). The number of aromatic nitrogens is 4. The number of urea groups is 1. The Bertz CT molecular complexity index is 784. The van der Waals surface area contributed by atoms with Crippen molar-refractivity contribution in [2.45, 2.75) is 58.8 Å². The Hall–Kier alpha value is -2.35. The molecule has 2 amide bonds. The average molecular weight is 374 g/mol. The van der Waals surface area contributed by atoms with E-state index < -0.39 is 0 Å². The lowest BCUT2D eigenvalue weighted by atomic mass is 9.92. The van der Waals surface area contributed by atoms with E-state index in [9.17, 15) is 4.79 Å². The SMILES string of the molecule is CN(C)C(=O)NCc1cc2n(n1)CCCN(Cc1cc(C(C)(C)C)n[nH]1)C2. The van der Waals surface area contributed by atoms with Gasteiger partial charge in [-0.15, -0.1) is 0 Å². The number of rotatable bonds is 4. The predicted octanol–water partition coefficient (Wildman–Crippen LogP) is 2.08. The van der Waals surface area contributed by atoms with Gasteiger partial charge in [0.1, 0.15) is 0 Å². The lowest BCUT2D eigenvalue weighted by molar-refractivity contribution is 0.217. The lowest BCUT2D eigenvalue weighted by Crippen LogP contribution is -2.34. The van der Waals surface area contributed by atoms with Crippen LogP contribution in [0.4, 0.5) is 4.79 Å². The summed E-state index contributed by atoms with van der Waals surface area (Å²) in [5.41, 5.74) is 4.39. The van der Waals surface area contributed by atoms with Crippen LogP contribution in [0.5, 0.6) is 0 Å². The number of nitrogens with one attached hydrogen (secondary N) is 2. The molecule has 1 aliphatic heterocycles. The van der Waals surface area contributed by atoms with Crippen molar-refractivity contribution in [2.24, 2.45) is 0 Å². The Morgan fingerprint density at radius 1 is 1.30 bits per heavy atom. The monoisotopic (exact) mass is 373 g/mol. The normalized spacial score (nSPS) is 15.3. The summed E-state index contributed by atoms with van der Waals surface area (Å²) in [5, 5.41) is 15.2. The maximum absolute atomic E-state index is 11.7. The minimum atomic E-state index is -0.103. The number of aryl methyl sites for hydroxylation is 1. The van der Waals surface area contributed by atoms with Crippen LogP contribution in [-0.4, -0.2) is 56.4 Å². The molecule has 0 atom stereocenters. The fourth-order valence-electron chi connectivity index (χ4n) is 3.20. The zero-order valence-corrected chi connectivity index (χ0v) is 17.0. The topological polar surface area (TPSA) is 82.1 Å². The van der Waals surface area contributed by atoms with E-state index in [0.29, 0.717) is 6.54 Å². The smallest absolute Gasteiger partial charge is 0.317 e.